The number of hydrogen-bond donors (Lipinski definition) is 1. The van der Waals surface area contributed by atoms with E-state index in [-0.39, 0.29) is 11.7 Å². The minimum absolute atomic E-state index is 0.0302. The van der Waals surface area contributed by atoms with Crippen LogP contribution in [0.1, 0.15) is 24.2 Å². The molecule has 7 heteroatoms. The third kappa shape index (κ3) is 4.26. The summed E-state index contributed by atoms with van der Waals surface area (Å²) in [5.74, 6) is 0.986. The highest BCUT2D eigenvalue weighted by atomic mass is 35.5. The summed E-state index contributed by atoms with van der Waals surface area (Å²) >= 11 is 6.11. The molecule has 1 heterocycles. The van der Waals surface area contributed by atoms with Crippen molar-refractivity contribution in [2.24, 2.45) is 5.73 Å². The molecule has 2 rings (SSSR count). The largest absolute Gasteiger partial charge is 0.496 e. The van der Waals surface area contributed by atoms with Gasteiger partial charge < -0.3 is 19.9 Å². The number of benzene rings is 1. The minimum Gasteiger partial charge on any atom is -0.496 e. The third-order valence-electron chi connectivity index (χ3n) is 2.80. The number of amides is 1. The molecule has 0 aliphatic carbocycles. The van der Waals surface area contributed by atoms with Crippen LogP contribution in [0.4, 0.5) is 0 Å². The van der Waals surface area contributed by atoms with Crippen LogP contribution < -0.4 is 19.9 Å². The van der Waals surface area contributed by atoms with Gasteiger partial charge in [-0.05, 0) is 26.0 Å². The average Bonchev–Trinajstić information content (AvgIpc) is 2.49. The van der Waals surface area contributed by atoms with Crippen molar-refractivity contribution < 1.29 is 19.0 Å². The van der Waals surface area contributed by atoms with Gasteiger partial charge in [-0.1, -0.05) is 11.6 Å². The van der Waals surface area contributed by atoms with Gasteiger partial charge in [0.25, 0.3) is 5.91 Å². The molecule has 0 unspecified atom stereocenters. The zero-order valence-electron chi connectivity index (χ0n) is 13.0. The Hall–Kier alpha value is -2.47. The fraction of sp³-hybridized carbons (Fsp3) is 0.250. The molecule has 2 N–H and O–H groups in total. The summed E-state index contributed by atoms with van der Waals surface area (Å²) in [7, 11) is 1.45. The van der Waals surface area contributed by atoms with Gasteiger partial charge in [-0.2, -0.15) is 0 Å². The van der Waals surface area contributed by atoms with Gasteiger partial charge in [-0.25, -0.2) is 4.98 Å². The number of hydrogen-bond acceptors (Lipinski definition) is 5. The van der Waals surface area contributed by atoms with Gasteiger partial charge in [0.15, 0.2) is 0 Å². The van der Waals surface area contributed by atoms with Crippen molar-refractivity contribution in [3.05, 3.63) is 41.0 Å². The first-order chi connectivity index (χ1) is 10.9. The van der Waals surface area contributed by atoms with Gasteiger partial charge in [0.2, 0.25) is 5.88 Å². The second-order valence-electron chi connectivity index (χ2n) is 4.95. The van der Waals surface area contributed by atoms with E-state index in [4.69, 9.17) is 31.5 Å². The standard InChI is InChI=1S/C16H17ClN2O4/c1-9(2)22-16-13(17)6-11(8-19-16)23-10-4-5-12(15(18)20)14(7-10)21-3/h4-9H,1-3H3,(H2,18,20). The molecule has 1 aromatic carbocycles. The summed E-state index contributed by atoms with van der Waals surface area (Å²) in [5.41, 5.74) is 5.54. The number of carbonyl (C=O) groups excluding carboxylic acids is 1. The van der Waals surface area contributed by atoms with Crippen LogP contribution in [0.3, 0.4) is 0 Å². The van der Waals surface area contributed by atoms with Gasteiger partial charge in [-0.15, -0.1) is 0 Å². The second-order valence-corrected chi connectivity index (χ2v) is 5.36. The number of nitrogens with two attached hydrogens (primary N) is 1. The monoisotopic (exact) mass is 336 g/mol. The molecule has 23 heavy (non-hydrogen) atoms. The number of carbonyl (C=O) groups is 1. The lowest BCUT2D eigenvalue weighted by Gasteiger charge is -2.12. The molecule has 0 aliphatic heterocycles. The molecule has 0 saturated carbocycles. The van der Waals surface area contributed by atoms with Crippen molar-refractivity contribution in [2.75, 3.05) is 7.11 Å². The molecule has 0 atom stereocenters. The van der Waals surface area contributed by atoms with Crippen molar-refractivity contribution >= 4 is 17.5 Å². The van der Waals surface area contributed by atoms with Gasteiger partial charge in [-0.3, -0.25) is 4.79 Å². The average molecular weight is 337 g/mol. The Morgan fingerprint density at radius 2 is 2.00 bits per heavy atom. The van der Waals surface area contributed by atoms with Gasteiger partial charge in [0.1, 0.15) is 22.3 Å². The highest BCUT2D eigenvalue weighted by Crippen LogP contribution is 2.31. The third-order valence-corrected chi connectivity index (χ3v) is 3.07. The number of halogens is 1. The number of ether oxygens (including phenoxy) is 3. The molecule has 122 valence electrons. The molecule has 0 bridgehead atoms. The van der Waals surface area contributed by atoms with Crippen molar-refractivity contribution in [1.29, 1.82) is 0 Å². The Balaban J connectivity index is 2.22. The van der Waals surface area contributed by atoms with Crippen LogP contribution >= 0.6 is 11.6 Å². The van der Waals surface area contributed by atoms with Crippen molar-refractivity contribution in [3.8, 4) is 23.1 Å². The summed E-state index contributed by atoms with van der Waals surface area (Å²) in [6.45, 7) is 3.77. The van der Waals surface area contributed by atoms with Gasteiger partial charge >= 0.3 is 0 Å². The molecule has 2 aromatic rings. The topological polar surface area (TPSA) is 83.7 Å². The lowest BCUT2D eigenvalue weighted by Crippen LogP contribution is -2.12. The van der Waals surface area contributed by atoms with Crippen LogP contribution in [0, 0.1) is 0 Å². The zero-order chi connectivity index (χ0) is 17.0. The Morgan fingerprint density at radius 3 is 2.57 bits per heavy atom. The van der Waals surface area contributed by atoms with E-state index in [0.29, 0.717) is 28.2 Å². The second kappa shape index (κ2) is 7.19. The van der Waals surface area contributed by atoms with E-state index in [1.807, 2.05) is 13.8 Å². The van der Waals surface area contributed by atoms with E-state index in [1.165, 1.54) is 19.4 Å². The summed E-state index contributed by atoms with van der Waals surface area (Å²) in [4.78, 5) is 15.4. The molecule has 0 spiro atoms. The number of methoxy groups -OCH3 is 1. The SMILES string of the molecule is COc1cc(Oc2cnc(OC(C)C)c(Cl)c2)ccc1C(N)=O. The highest BCUT2D eigenvalue weighted by molar-refractivity contribution is 6.31. The Bertz CT molecular complexity index is 719. The molecular formula is C16H17ClN2O4. The quantitative estimate of drug-likeness (QED) is 0.873. The smallest absolute Gasteiger partial charge is 0.252 e. The summed E-state index contributed by atoms with van der Waals surface area (Å²) < 4.78 is 16.2. The van der Waals surface area contributed by atoms with Crippen molar-refractivity contribution in [1.82, 2.24) is 4.98 Å². The van der Waals surface area contributed by atoms with E-state index in [0.717, 1.165) is 0 Å². The zero-order valence-corrected chi connectivity index (χ0v) is 13.8. The van der Waals surface area contributed by atoms with Gasteiger partial charge in [0.05, 0.1) is 25.0 Å². The molecule has 0 saturated heterocycles. The predicted molar refractivity (Wildman–Crippen MR) is 86.6 cm³/mol. The Morgan fingerprint density at radius 1 is 1.26 bits per heavy atom. The molecule has 1 aromatic heterocycles. The number of aromatic nitrogens is 1. The van der Waals surface area contributed by atoms with Crippen LogP contribution in [0.5, 0.6) is 23.1 Å². The summed E-state index contributed by atoms with van der Waals surface area (Å²) in [6.07, 6.45) is 1.47. The molecular weight excluding hydrogens is 320 g/mol. The van der Waals surface area contributed by atoms with E-state index in [1.54, 1.807) is 18.2 Å². The number of pyridine rings is 1. The molecule has 1 amide bonds. The first-order valence-electron chi connectivity index (χ1n) is 6.88. The molecule has 6 nitrogen and oxygen atoms in total. The number of primary amides is 1. The van der Waals surface area contributed by atoms with E-state index in [9.17, 15) is 4.79 Å². The maximum atomic E-state index is 11.3. The lowest BCUT2D eigenvalue weighted by atomic mass is 10.2. The lowest BCUT2D eigenvalue weighted by molar-refractivity contribution is 0.0997. The first kappa shape index (κ1) is 16.9. The Kier molecular flexibility index (Phi) is 5.28. The molecule has 0 radical (unpaired) electrons. The molecule has 0 aliphatic rings. The van der Waals surface area contributed by atoms with E-state index < -0.39 is 5.91 Å². The Labute approximate surface area is 139 Å². The number of rotatable bonds is 6. The van der Waals surface area contributed by atoms with Crippen LogP contribution in [0.25, 0.3) is 0 Å². The van der Waals surface area contributed by atoms with Crippen LogP contribution in [-0.2, 0) is 0 Å². The van der Waals surface area contributed by atoms with Crippen molar-refractivity contribution in [3.63, 3.8) is 0 Å². The van der Waals surface area contributed by atoms with Crippen molar-refractivity contribution in [2.45, 2.75) is 20.0 Å². The molecule has 0 fully saturated rings. The van der Waals surface area contributed by atoms with Gasteiger partial charge in [0, 0.05) is 12.1 Å². The van der Waals surface area contributed by atoms with Crippen LogP contribution in [0.15, 0.2) is 30.5 Å². The summed E-state index contributed by atoms with van der Waals surface area (Å²) in [5, 5.41) is 0.344. The fourth-order valence-electron chi connectivity index (χ4n) is 1.85. The normalized spacial score (nSPS) is 10.5. The maximum absolute atomic E-state index is 11.3. The highest BCUT2D eigenvalue weighted by Gasteiger charge is 2.12. The van der Waals surface area contributed by atoms with E-state index >= 15 is 0 Å². The summed E-state index contributed by atoms with van der Waals surface area (Å²) in [6, 6.07) is 6.30. The predicted octanol–water partition coefficient (Wildman–Crippen LogP) is 3.42. The number of nitrogens with zero attached hydrogens (tertiary/aromatic N) is 1. The van der Waals surface area contributed by atoms with Crippen LogP contribution in [0.2, 0.25) is 5.02 Å². The van der Waals surface area contributed by atoms with E-state index in [2.05, 4.69) is 4.98 Å². The first-order valence-corrected chi connectivity index (χ1v) is 7.26. The minimum atomic E-state index is -0.576. The fourth-order valence-corrected chi connectivity index (χ4v) is 2.05. The van der Waals surface area contributed by atoms with Crippen LogP contribution in [-0.4, -0.2) is 24.1 Å². The maximum Gasteiger partial charge on any atom is 0.252 e.